The van der Waals surface area contributed by atoms with Crippen LogP contribution in [0.4, 0.5) is 11.4 Å². The maximum atomic E-state index is 13.3. The zero-order valence-corrected chi connectivity index (χ0v) is 17.3. The number of ketones is 1. The molecule has 2 aliphatic rings. The summed E-state index contributed by atoms with van der Waals surface area (Å²) in [5.41, 5.74) is 1.90. The standard InChI is InChI=1S/C23H22N2O6/c1-30-15-8-6-14(7-9-15)17-13-22(27)24(19-4-3-5-21(26)23(17)19)18-11-10-16(31-2)12-20(18)25(28)29/h6-12,17H,3-5,13H2,1-2H3. The van der Waals surface area contributed by atoms with Crippen LogP contribution in [-0.4, -0.2) is 30.8 Å². The Labute approximate surface area is 179 Å². The van der Waals surface area contributed by atoms with Crippen LogP contribution in [0.5, 0.6) is 11.5 Å². The van der Waals surface area contributed by atoms with E-state index >= 15 is 0 Å². The van der Waals surface area contributed by atoms with Crippen LogP contribution in [0.3, 0.4) is 0 Å². The van der Waals surface area contributed by atoms with Crippen molar-refractivity contribution in [2.45, 2.75) is 31.6 Å². The molecule has 4 rings (SSSR count). The molecular weight excluding hydrogens is 400 g/mol. The summed E-state index contributed by atoms with van der Waals surface area (Å²) in [7, 11) is 2.99. The first-order chi connectivity index (χ1) is 14.9. The third kappa shape index (κ3) is 3.65. The van der Waals surface area contributed by atoms with E-state index < -0.39 is 4.92 Å². The molecule has 1 aliphatic heterocycles. The van der Waals surface area contributed by atoms with Crippen LogP contribution in [0.25, 0.3) is 0 Å². The lowest BCUT2D eigenvalue weighted by molar-refractivity contribution is -0.384. The van der Waals surface area contributed by atoms with Crippen LogP contribution < -0.4 is 14.4 Å². The number of ether oxygens (including phenoxy) is 2. The number of nitro benzene ring substituents is 1. The average molecular weight is 422 g/mol. The SMILES string of the molecule is COc1ccc(C2CC(=O)N(c3ccc(OC)cc3[N+](=O)[O-])C3=C2C(=O)CCC3)cc1. The number of nitro groups is 1. The van der Waals surface area contributed by atoms with Crippen molar-refractivity contribution in [1.82, 2.24) is 0 Å². The molecule has 0 saturated heterocycles. The summed E-state index contributed by atoms with van der Waals surface area (Å²) in [6, 6.07) is 11.7. The van der Waals surface area contributed by atoms with Gasteiger partial charge in [-0.15, -0.1) is 0 Å². The normalized spacial score (nSPS) is 18.6. The molecule has 0 fully saturated rings. The van der Waals surface area contributed by atoms with Crippen molar-refractivity contribution in [2.75, 3.05) is 19.1 Å². The number of hydrogen-bond acceptors (Lipinski definition) is 6. The lowest BCUT2D eigenvalue weighted by atomic mass is 9.77. The molecule has 0 aromatic heterocycles. The predicted molar refractivity (Wildman–Crippen MR) is 113 cm³/mol. The first-order valence-corrected chi connectivity index (χ1v) is 10.00. The van der Waals surface area contributed by atoms with E-state index in [9.17, 15) is 19.7 Å². The summed E-state index contributed by atoms with van der Waals surface area (Å²) in [5.74, 6) is 0.337. The number of hydrogen-bond donors (Lipinski definition) is 0. The molecule has 0 bridgehead atoms. The molecule has 2 aromatic carbocycles. The van der Waals surface area contributed by atoms with Gasteiger partial charge in [0.05, 0.1) is 25.2 Å². The molecule has 160 valence electrons. The summed E-state index contributed by atoms with van der Waals surface area (Å²) in [6.07, 6.45) is 1.56. The molecule has 0 radical (unpaired) electrons. The van der Waals surface area contributed by atoms with Gasteiger partial charge in [-0.05, 0) is 42.7 Å². The van der Waals surface area contributed by atoms with E-state index in [4.69, 9.17) is 9.47 Å². The van der Waals surface area contributed by atoms with Gasteiger partial charge in [0.15, 0.2) is 5.78 Å². The minimum atomic E-state index is -0.536. The third-order valence-electron chi connectivity index (χ3n) is 5.81. The first-order valence-electron chi connectivity index (χ1n) is 10.00. The number of rotatable bonds is 5. The maximum Gasteiger partial charge on any atom is 0.297 e. The van der Waals surface area contributed by atoms with Crippen molar-refractivity contribution < 1.29 is 24.0 Å². The molecule has 1 aliphatic carbocycles. The number of anilines is 1. The number of allylic oxidation sites excluding steroid dienone is 2. The van der Waals surface area contributed by atoms with Gasteiger partial charge in [-0.3, -0.25) is 24.6 Å². The number of carbonyl (C=O) groups is 2. The van der Waals surface area contributed by atoms with Crippen molar-refractivity contribution in [3.63, 3.8) is 0 Å². The van der Waals surface area contributed by atoms with Gasteiger partial charge in [-0.25, -0.2) is 0 Å². The van der Waals surface area contributed by atoms with Gasteiger partial charge < -0.3 is 9.47 Å². The number of nitrogens with zero attached hydrogens (tertiary/aromatic N) is 2. The Balaban J connectivity index is 1.86. The lowest BCUT2D eigenvalue weighted by Crippen LogP contribution is -2.40. The fourth-order valence-electron chi connectivity index (χ4n) is 4.36. The van der Waals surface area contributed by atoms with Crippen LogP contribution >= 0.6 is 0 Å². The summed E-state index contributed by atoms with van der Waals surface area (Å²) >= 11 is 0. The molecule has 1 amide bonds. The molecule has 31 heavy (non-hydrogen) atoms. The zero-order chi connectivity index (χ0) is 22.1. The molecular formula is C23H22N2O6. The first kappa shape index (κ1) is 20.6. The number of amides is 1. The van der Waals surface area contributed by atoms with E-state index in [-0.39, 0.29) is 35.4 Å². The van der Waals surface area contributed by atoms with Crippen LogP contribution in [0.15, 0.2) is 53.7 Å². The minimum absolute atomic E-state index is 0.0178. The van der Waals surface area contributed by atoms with Crippen LogP contribution in [0.2, 0.25) is 0 Å². The summed E-state index contributed by atoms with van der Waals surface area (Å²) < 4.78 is 10.3. The second kappa shape index (κ2) is 8.22. The molecule has 0 N–H and O–H groups in total. The number of carbonyl (C=O) groups excluding carboxylic acids is 2. The second-order valence-corrected chi connectivity index (χ2v) is 7.51. The fraction of sp³-hybridized carbons (Fsp3) is 0.304. The van der Waals surface area contributed by atoms with Gasteiger partial charge in [-0.1, -0.05) is 12.1 Å². The topological polar surface area (TPSA) is 99.0 Å². The molecule has 0 saturated carbocycles. The molecule has 8 heteroatoms. The van der Waals surface area contributed by atoms with Crippen molar-refractivity contribution in [3.8, 4) is 11.5 Å². The smallest absolute Gasteiger partial charge is 0.297 e. The van der Waals surface area contributed by atoms with Gasteiger partial charge >= 0.3 is 0 Å². The third-order valence-corrected chi connectivity index (χ3v) is 5.81. The summed E-state index contributed by atoms with van der Waals surface area (Å²) in [6.45, 7) is 0. The van der Waals surface area contributed by atoms with Crippen molar-refractivity contribution in [3.05, 3.63) is 69.4 Å². The minimum Gasteiger partial charge on any atom is -0.497 e. The van der Waals surface area contributed by atoms with E-state index in [0.717, 1.165) is 5.56 Å². The van der Waals surface area contributed by atoms with Gasteiger partial charge in [0.2, 0.25) is 5.91 Å². The Bertz CT molecular complexity index is 1090. The summed E-state index contributed by atoms with van der Waals surface area (Å²) in [5, 5.41) is 11.7. The molecule has 1 heterocycles. The zero-order valence-electron chi connectivity index (χ0n) is 17.3. The Morgan fingerprint density at radius 2 is 1.68 bits per heavy atom. The molecule has 2 aromatic rings. The fourth-order valence-corrected chi connectivity index (χ4v) is 4.36. The van der Waals surface area contributed by atoms with Crippen LogP contribution in [0.1, 0.15) is 37.2 Å². The second-order valence-electron chi connectivity index (χ2n) is 7.51. The monoisotopic (exact) mass is 422 g/mol. The van der Waals surface area contributed by atoms with E-state index in [1.165, 1.54) is 24.1 Å². The quantitative estimate of drug-likeness (QED) is 0.530. The highest BCUT2D eigenvalue weighted by Crippen LogP contribution is 2.45. The highest BCUT2D eigenvalue weighted by Gasteiger charge is 2.41. The molecule has 8 nitrogen and oxygen atoms in total. The maximum absolute atomic E-state index is 13.3. The van der Waals surface area contributed by atoms with E-state index in [1.54, 1.807) is 25.3 Å². The van der Waals surface area contributed by atoms with E-state index in [0.29, 0.717) is 42.0 Å². The largest absolute Gasteiger partial charge is 0.497 e. The number of benzene rings is 2. The lowest BCUT2D eigenvalue weighted by Gasteiger charge is -2.38. The van der Waals surface area contributed by atoms with Crippen molar-refractivity contribution in [2.24, 2.45) is 0 Å². The number of methoxy groups -OCH3 is 2. The Morgan fingerprint density at radius 3 is 2.32 bits per heavy atom. The van der Waals surface area contributed by atoms with Crippen LogP contribution in [0, 0.1) is 10.1 Å². The van der Waals surface area contributed by atoms with Crippen LogP contribution in [-0.2, 0) is 9.59 Å². The average Bonchev–Trinajstić information content (AvgIpc) is 2.78. The van der Waals surface area contributed by atoms with E-state index in [2.05, 4.69) is 0 Å². The Hall–Kier alpha value is -3.68. The Kier molecular flexibility index (Phi) is 5.46. The number of Topliss-reactive ketones (excluding diaryl/α,β-unsaturated/α-hetero) is 1. The molecule has 0 spiro atoms. The highest BCUT2D eigenvalue weighted by molar-refractivity contribution is 6.08. The van der Waals surface area contributed by atoms with Gasteiger partial charge in [0.25, 0.3) is 5.69 Å². The van der Waals surface area contributed by atoms with E-state index in [1.807, 2.05) is 12.1 Å². The molecule has 1 atom stereocenters. The highest BCUT2D eigenvalue weighted by atomic mass is 16.6. The summed E-state index contributed by atoms with van der Waals surface area (Å²) in [4.78, 5) is 38.8. The van der Waals surface area contributed by atoms with Crippen molar-refractivity contribution in [1.29, 1.82) is 0 Å². The van der Waals surface area contributed by atoms with Gasteiger partial charge in [-0.2, -0.15) is 0 Å². The predicted octanol–water partition coefficient (Wildman–Crippen LogP) is 4.14. The van der Waals surface area contributed by atoms with Gasteiger partial charge in [0.1, 0.15) is 17.2 Å². The van der Waals surface area contributed by atoms with Crippen molar-refractivity contribution >= 4 is 23.1 Å². The van der Waals surface area contributed by atoms with Gasteiger partial charge in [0, 0.05) is 30.0 Å². The Morgan fingerprint density at radius 1 is 1.00 bits per heavy atom. The molecule has 1 unspecified atom stereocenters.